The van der Waals surface area contributed by atoms with Crippen molar-refractivity contribution in [3.8, 4) is 11.5 Å². The van der Waals surface area contributed by atoms with Crippen molar-refractivity contribution in [3.63, 3.8) is 0 Å². The van der Waals surface area contributed by atoms with Crippen molar-refractivity contribution in [2.24, 2.45) is 0 Å². The van der Waals surface area contributed by atoms with Crippen LogP contribution in [0, 0.1) is 0 Å². The molecule has 0 fully saturated rings. The van der Waals surface area contributed by atoms with Gasteiger partial charge in [0.1, 0.15) is 11.5 Å². The summed E-state index contributed by atoms with van der Waals surface area (Å²) >= 11 is 31.7. The normalized spacial score (nSPS) is 11.3. The molecule has 0 unspecified atom stereocenters. The smallest absolute Gasteiger partial charge is 0.294 e. The van der Waals surface area contributed by atoms with Gasteiger partial charge in [0.15, 0.2) is 0 Å². The minimum Gasteiger partial charge on any atom is -0.492 e. The molecule has 35 heavy (non-hydrogen) atoms. The van der Waals surface area contributed by atoms with Gasteiger partial charge in [-0.05, 0) is 55.8 Å². The third-order valence-electron chi connectivity index (χ3n) is 4.84. The number of hydrogen-bond acceptors (Lipinski definition) is 4. The van der Waals surface area contributed by atoms with Crippen LogP contribution in [-0.2, 0) is 10.1 Å². The Morgan fingerprint density at radius 3 is 1.60 bits per heavy atom. The molecule has 0 spiro atoms. The van der Waals surface area contributed by atoms with Crippen molar-refractivity contribution in [3.05, 3.63) is 84.3 Å². The molecule has 1 radical (unpaired) electrons. The van der Waals surface area contributed by atoms with Crippen LogP contribution in [0.2, 0.25) is 25.1 Å². The predicted molar refractivity (Wildman–Crippen MR) is 143 cm³/mol. The Morgan fingerprint density at radius 1 is 0.743 bits per heavy atom. The molecule has 3 aromatic rings. The number of halogens is 5. The summed E-state index contributed by atoms with van der Waals surface area (Å²) in [4.78, 5) is -0.415. The molecule has 0 bridgehead atoms. The second kappa shape index (κ2) is 12.9. The summed E-state index contributed by atoms with van der Waals surface area (Å²) in [5, 5.41) is 1.09. The Bertz CT molecular complexity index is 1270. The molecular formula is C23H19Cl5NaO5S. The molecule has 0 heterocycles. The molecule has 1 N–H and O–H groups in total. The summed E-state index contributed by atoms with van der Waals surface area (Å²) in [5.41, 5.74) is 0.974. The van der Waals surface area contributed by atoms with Gasteiger partial charge in [-0.3, -0.25) is 4.55 Å². The van der Waals surface area contributed by atoms with Crippen molar-refractivity contribution in [2.75, 3.05) is 13.2 Å². The number of ether oxygens (including phenoxy) is 2. The van der Waals surface area contributed by atoms with Gasteiger partial charge in [0.2, 0.25) is 0 Å². The molecule has 0 saturated carbocycles. The largest absolute Gasteiger partial charge is 0.492 e. The molecular weight excluding hydrogens is 589 g/mol. The molecule has 3 aromatic carbocycles. The monoisotopic (exact) mass is 605 g/mol. The number of benzene rings is 3. The van der Waals surface area contributed by atoms with Crippen molar-refractivity contribution in [1.29, 1.82) is 0 Å². The van der Waals surface area contributed by atoms with Gasteiger partial charge in [0, 0.05) is 61.7 Å². The average molecular weight is 608 g/mol. The van der Waals surface area contributed by atoms with Crippen molar-refractivity contribution >= 4 is 97.7 Å². The zero-order chi connectivity index (χ0) is 25.2. The fraction of sp³-hybridized carbons (Fsp3) is 0.217. The summed E-state index contributed by atoms with van der Waals surface area (Å²) < 4.78 is 46.5. The van der Waals surface area contributed by atoms with Crippen LogP contribution in [-0.4, -0.2) is 55.7 Å². The minimum absolute atomic E-state index is 0. The summed E-state index contributed by atoms with van der Waals surface area (Å²) in [5.74, 6) is -0.397. The zero-order valence-corrected chi connectivity index (χ0v) is 25.5. The van der Waals surface area contributed by atoms with Crippen LogP contribution in [0.25, 0.3) is 0 Å². The third kappa shape index (κ3) is 7.14. The van der Waals surface area contributed by atoms with E-state index in [1.54, 1.807) is 26.0 Å². The van der Waals surface area contributed by atoms with E-state index in [0.29, 0.717) is 11.1 Å². The first-order valence-electron chi connectivity index (χ1n) is 9.98. The van der Waals surface area contributed by atoms with Gasteiger partial charge < -0.3 is 9.47 Å². The molecule has 0 aliphatic heterocycles. The maximum absolute atomic E-state index is 12.4. The van der Waals surface area contributed by atoms with Crippen LogP contribution < -0.4 is 9.47 Å². The first-order valence-corrected chi connectivity index (χ1v) is 13.3. The first-order chi connectivity index (χ1) is 16.0. The quantitative estimate of drug-likeness (QED) is 0.161. The van der Waals surface area contributed by atoms with Gasteiger partial charge in [-0.1, -0.05) is 64.1 Å². The Hall–Kier alpha value is -0.380. The van der Waals surface area contributed by atoms with Crippen LogP contribution in [0.15, 0.2) is 47.4 Å². The molecule has 3 rings (SSSR count). The van der Waals surface area contributed by atoms with Gasteiger partial charge in [-0.15, -0.1) is 0 Å². The fourth-order valence-electron chi connectivity index (χ4n) is 3.66. The van der Waals surface area contributed by atoms with E-state index in [1.807, 2.05) is 0 Å². The summed E-state index contributed by atoms with van der Waals surface area (Å²) in [6.07, 6.45) is 0. The Balaban J connectivity index is 0.00000432. The van der Waals surface area contributed by atoms with Gasteiger partial charge in [-0.2, -0.15) is 8.42 Å². The second-order valence-electron chi connectivity index (χ2n) is 7.07. The van der Waals surface area contributed by atoms with Gasteiger partial charge >= 0.3 is 0 Å². The summed E-state index contributed by atoms with van der Waals surface area (Å²) in [7, 11) is -4.71. The van der Waals surface area contributed by atoms with E-state index in [-0.39, 0.29) is 84.9 Å². The topological polar surface area (TPSA) is 72.8 Å². The zero-order valence-electron chi connectivity index (χ0n) is 18.9. The molecule has 12 heteroatoms. The van der Waals surface area contributed by atoms with Gasteiger partial charge in [0.05, 0.1) is 28.2 Å². The number of rotatable bonds is 8. The SMILES string of the molecule is CCOc1c(Cl)cc(Cl)cc1C(c1ccc(Cl)cc1S(=O)(=O)O)c1cc(Cl)cc(Cl)c1OCC.[Na]. The second-order valence-corrected chi connectivity index (χ2v) is 10.6. The van der Waals surface area contributed by atoms with E-state index in [2.05, 4.69) is 0 Å². The standard InChI is InChI=1S/C23H19Cl5O5S.Na/c1-3-32-22-16(7-13(25)9-18(22)27)21(15-6-5-12(24)11-20(15)34(29,30)31)17-8-14(26)10-19(28)23(17)33-4-2;/h5-11,21H,3-4H2,1-2H3,(H,29,30,31);. The Kier molecular flexibility index (Phi) is 11.4. The Morgan fingerprint density at radius 2 is 1.20 bits per heavy atom. The van der Waals surface area contributed by atoms with Crippen LogP contribution >= 0.6 is 58.0 Å². The van der Waals surface area contributed by atoms with Crippen molar-refractivity contribution < 1.29 is 22.4 Å². The van der Waals surface area contributed by atoms with Crippen LogP contribution in [0.5, 0.6) is 11.5 Å². The van der Waals surface area contributed by atoms with Gasteiger partial charge in [-0.25, -0.2) is 0 Å². The number of hydrogen-bond donors (Lipinski definition) is 1. The van der Waals surface area contributed by atoms with E-state index in [0.717, 1.165) is 6.07 Å². The van der Waals surface area contributed by atoms with Crippen molar-refractivity contribution in [1.82, 2.24) is 0 Å². The fourth-order valence-corrected chi connectivity index (χ4v) is 5.78. The maximum Gasteiger partial charge on any atom is 0.294 e. The molecule has 0 aliphatic carbocycles. The van der Waals surface area contributed by atoms with E-state index >= 15 is 0 Å². The van der Waals surface area contributed by atoms with E-state index in [1.165, 1.54) is 24.3 Å². The third-order valence-corrected chi connectivity index (χ3v) is 6.98. The molecule has 5 nitrogen and oxygen atoms in total. The molecule has 0 aromatic heterocycles. The first kappa shape index (κ1) is 30.8. The molecule has 0 atom stereocenters. The van der Waals surface area contributed by atoms with Crippen LogP contribution in [0.4, 0.5) is 0 Å². The van der Waals surface area contributed by atoms with E-state index in [4.69, 9.17) is 67.5 Å². The predicted octanol–water partition coefficient (Wildman–Crippen LogP) is 7.80. The minimum atomic E-state index is -4.71. The van der Waals surface area contributed by atoms with Gasteiger partial charge in [0.25, 0.3) is 10.1 Å². The summed E-state index contributed by atoms with van der Waals surface area (Å²) in [6, 6.07) is 10.3. The molecule has 0 amide bonds. The Labute approximate surface area is 251 Å². The molecule has 0 aliphatic rings. The molecule has 183 valence electrons. The van der Waals surface area contributed by atoms with E-state index < -0.39 is 20.9 Å². The summed E-state index contributed by atoms with van der Waals surface area (Å²) in [6.45, 7) is 4.08. The van der Waals surface area contributed by atoms with Crippen LogP contribution in [0.3, 0.4) is 0 Å². The van der Waals surface area contributed by atoms with Crippen LogP contribution in [0.1, 0.15) is 36.5 Å². The van der Waals surface area contributed by atoms with E-state index in [9.17, 15) is 13.0 Å². The maximum atomic E-state index is 12.4. The molecule has 0 saturated heterocycles. The van der Waals surface area contributed by atoms with Crippen molar-refractivity contribution in [2.45, 2.75) is 24.7 Å². The average Bonchev–Trinajstić information content (AvgIpc) is 2.73.